The number of ether oxygens (including phenoxy) is 6. The molecule has 176 valence electrons. The minimum atomic E-state index is -1.68. The molecule has 2 aromatic rings. The summed E-state index contributed by atoms with van der Waals surface area (Å²) < 4.78 is 33.9. The Kier molecular flexibility index (Phi) is 4.90. The molecule has 3 atom stereocenters. The molecule has 8 nitrogen and oxygen atoms in total. The van der Waals surface area contributed by atoms with Crippen molar-refractivity contribution in [3.8, 4) is 34.5 Å². The number of methoxy groups -OCH3 is 3. The van der Waals surface area contributed by atoms with E-state index in [0.717, 1.165) is 11.1 Å². The lowest BCUT2D eigenvalue weighted by Gasteiger charge is -2.51. The van der Waals surface area contributed by atoms with Crippen molar-refractivity contribution >= 4 is 5.78 Å². The molecule has 1 unspecified atom stereocenters. The van der Waals surface area contributed by atoms with Gasteiger partial charge < -0.3 is 33.5 Å². The third-order valence-electron chi connectivity index (χ3n) is 6.72. The van der Waals surface area contributed by atoms with Gasteiger partial charge in [0.05, 0.1) is 27.2 Å². The van der Waals surface area contributed by atoms with Gasteiger partial charge in [-0.25, -0.2) is 0 Å². The predicted octanol–water partition coefficient (Wildman–Crippen LogP) is 3.66. The number of rotatable bonds is 4. The van der Waals surface area contributed by atoms with E-state index in [0.29, 0.717) is 47.3 Å². The Balaban J connectivity index is 1.75. The number of hydrogen-bond acceptors (Lipinski definition) is 8. The van der Waals surface area contributed by atoms with Gasteiger partial charge in [-0.2, -0.15) is 0 Å². The molecule has 1 fully saturated rings. The fourth-order valence-corrected chi connectivity index (χ4v) is 5.53. The first-order valence-corrected chi connectivity index (χ1v) is 10.9. The summed E-state index contributed by atoms with van der Waals surface area (Å²) in [6, 6.07) is 7.19. The van der Waals surface area contributed by atoms with Crippen LogP contribution in [0, 0.1) is 11.3 Å². The highest BCUT2D eigenvalue weighted by atomic mass is 16.7. The zero-order valence-electron chi connectivity index (χ0n) is 19.4. The number of carbonyl (C=O) groups excluding carboxylic acids is 1. The average molecular weight is 456 g/mol. The van der Waals surface area contributed by atoms with Crippen LogP contribution in [-0.2, 0) is 4.79 Å². The molecule has 33 heavy (non-hydrogen) atoms. The minimum Gasteiger partial charge on any atom is -0.493 e. The Morgan fingerprint density at radius 3 is 2.18 bits per heavy atom. The van der Waals surface area contributed by atoms with Gasteiger partial charge in [0.15, 0.2) is 23.0 Å². The van der Waals surface area contributed by atoms with Crippen LogP contribution >= 0.6 is 0 Å². The van der Waals surface area contributed by atoms with Crippen LogP contribution in [0.1, 0.15) is 43.7 Å². The van der Waals surface area contributed by atoms with Gasteiger partial charge in [-0.05, 0) is 29.2 Å². The fraction of sp³-hybridized carbons (Fsp3) is 0.480. The molecular formula is C25H28O8. The number of carbonyl (C=O) groups is 1. The summed E-state index contributed by atoms with van der Waals surface area (Å²) in [5.74, 6) is -0.118. The molecule has 0 radical (unpaired) electrons. The number of aliphatic hydroxyl groups is 1. The summed E-state index contributed by atoms with van der Waals surface area (Å²) >= 11 is 0. The van der Waals surface area contributed by atoms with E-state index in [-0.39, 0.29) is 12.6 Å². The quantitative estimate of drug-likeness (QED) is 0.745. The number of hydrogen-bond donors (Lipinski definition) is 1. The molecule has 0 amide bonds. The predicted molar refractivity (Wildman–Crippen MR) is 118 cm³/mol. The summed E-state index contributed by atoms with van der Waals surface area (Å²) in [4.78, 5) is 13.5. The number of Topliss-reactive ketones (excluding diaryl/α,β-unsaturated/α-hetero) is 1. The first kappa shape index (κ1) is 21.7. The van der Waals surface area contributed by atoms with E-state index in [1.54, 1.807) is 20.3 Å². The maximum absolute atomic E-state index is 13.5. The van der Waals surface area contributed by atoms with Crippen molar-refractivity contribution < 1.29 is 38.3 Å². The van der Waals surface area contributed by atoms with Crippen molar-refractivity contribution in [3.63, 3.8) is 0 Å². The maximum atomic E-state index is 13.5. The fourth-order valence-electron chi connectivity index (χ4n) is 5.53. The second-order valence-electron chi connectivity index (χ2n) is 9.59. The highest BCUT2D eigenvalue weighted by Crippen LogP contribution is 2.58. The van der Waals surface area contributed by atoms with Gasteiger partial charge in [0, 0.05) is 30.4 Å². The molecular weight excluding hydrogens is 428 g/mol. The van der Waals surface area contributed by atoms with Crippen molar-refractivity contribution in [1.82, 2.24) is 0 Å². The third kappa shape index (κ3) is 3.35. The lowest BCUT2D eigenvalue weighted by Crippen LogP contribution is -2.58. The molecule has 0 aromatic heterocycles. The van der Waals surface area contributed by atoms with E-state index in [4.69, 9.17) is 28.4 Å². The lowest BCUT2D eigenvalue weighted by atomic mass is 9.61. The summed E-state index contributed by atoms with van der Waals surface area (Å²) in [6.07, 6.45) is 0.648. The third-order valence-corrected chi connectivity index (χ3v) is 6.72. The van der Waals surface area contributed by atoms with Gasteiger partial charge in [-0.15, -0.1) is 0 Å². The topological polar surface area (TPSA) is 92.7 Å². The van der Waals surface area contributed by atoms with E-state index < -0.39 is 23.0 Å². The summed E-state index contributed by atoms with van der Waals surface area (Å²) in [5.41, 5.74) is 1.07. The molecule has 2 heterocycles. The molecule has 1 N–H and O–H groups in total. The number of fused-ring (bicyclic) bond motifs is 3. The Morgan fingerprint density at radius 2 is 1.58 bits per heavy atom. The normalized spacial score (nSPS) is 26.7. The van der Waals surface area contributed by atoms with Gasteiger partial charge in [0.2, 0.25) is 18.3 Å². The molecule has 0 bridgehead atoms. The summed E-state index contributed by atoms with van der Waals surface area (Å²) in [6.45, 7) is 4.03. The molecule has 8 heteroatoms. The van der Waals surface area contributed by atoms with E-state index >= 15 is 0 Å². The summed E-state index contributed by atoms with van der Waals surface area (Å²) in [5, 5.41) is 11.8. The molecule has 0 spiro atoms. The van der Waals surface area contributed by atoms with Crippen LogP contribution in [0.25, 0.3) is 0 Å². The van der Waals surface area contributed by atoms with Gasteiger partial charge in [-0.3, -0.25) is 4.79 Å². The minimum absolute atomic E-state index is 0.0594. The van der Waals surface area contributed by atoms with Crippen LogP contribution in [0.15, 0.2) is 24.3 Å². The van der Waals surface area contributed by atoms with Gasteiger partial charge in [-0.1, -0.05) is 13.8 Å². The SMILES string of the molecule is COc1cc([C@@H]2c3cc4c(cc3OC3(O)CC(C)(C)CC(=O)[C@H]23)OCO4)cc(OC)c1OC. The van der Waals surface area contributed by atoms with Gasteiger partial charge in [0.25, 0.3) is 0 Å². The highest BCUT2D eigenvalue weighted by molar-refractivity contribution is 5.86. The van der Waals surface area contributed by atoms with Gasteiger partial charge >= 0.3 is 0 Å². The standard InChI is InChI=1S/C25H28O8/c1-24(2)10-15(26)22-21(13-6-19(28-3)23(30-5)20(7-13)29-4)14-8-17-18(32-12-31-17)9-16(14)33-25(22,27)11-24/h6-9,21-22,27H,10-12H2,1-5H3/t21-,22-,25?/m1/s1. The van der Waals surface area contributed by atoms with Crippen molar-refractivity contribution in [2.75, 3.05) is 28.1 Å². The van der Waals surface area contributed by atoms with Crippen LogP contribution in [0.2, 0.25) is 0 Å². The molecule has 3 aliphatic rings. The van der Waals surface area contributed by atoms with E-state index in [2.05, 4.69) is 0 Å². The van der Waals surface area contributed by atoms with E-state index in [1.165, 1.54) is 7.11 Å². The number of benzene rings is 2. The Morgan fingerprint density at radius 1 is 0.939 bits per heavy atom. The van der Waals surface area contributed by atoms with Crippen molar-refractivity contribution in [1.29, 1.82) is 0 Å². The van der Waals surface area contributed by atoms with Crippen molar-refractivity contribution in [2.45, 2.75) is 38.4 Å². The van der Waals surface area contributed by atoms with E-state index in [9.17, 15) is 9.90 Å². The van der Waals surface area contributed by atoms with Crippen LogP contribution in [0.3, 0.4) is 0 Å². The zero-order valence-corrected chi connectivity index (χ0v) is 19.4. The largest absolute Gasteiger partial charge is 0.493 e. The Bertz CT molecular complexity index is 1100. The van der Waals surface area contributed by atoms with Crippen molar-refractivity contribution in [2.24, 2.45) is 11.3 Å². The Labute approximate surface area is 192 Å². The molecule has 2 aliphatic heterocycles. The van der Waals surface area contributed by atoms with Crippen LogP contribution in [0.4, 0.5) is 0 Å². The second-order valence-corrected chi connectivity index (χ2v) is 9.59. The van der Waals surface area contributed by atoms with Crippen LogP contribution in [-0.4, -0.2) is 44.8 Å². The maximum Gasteiger partial charge on any atom is 0.231 e. The molecule has 0 saturated heterocycles. The van der Waals surface area contributed by atoms with Crippen LogP contribution < -0.4 is 28.4 Å². The zero-order chi connectivity index (χ0) is 23.5. The van der Waals surface area contributed by atoms with E-state index in [1.807, 2.05) is 32.0 Å². The molecule has 5 rings (SSSR count). The molecule has 1 saturated carbocycles. The first-order valence-electron chi connectivity index (χ1n) is 10.9. The number of ketones is 1. The van der Waals surface area contributed by atoms with Crippen molar-refractivity contribution in [3.05, 3.63) is 35.4 Å². The summed E-state index contributed by atoms with van der Waals surface area (Å²) in [7, 11) is 4.62. The van der Waals surface area contributed by atoms with Gasteiger partial charge in [0.1, 0.15) is 11.5 Å². The molecule has 1 aliphatic carbocycles. The first-order chi connectivity index (χ1) is 15.7. The lowest BCUT2D eigenvalue weighted by molar-refractivity contribution is -0.222. The van der Waals surface area contributed by atoms with Crippen LogP contribution in [0.5, 0.6) is 34.5 Å². The highest BCUT2D eigenvalue weighted by Gasteiger charge is 2.59. The Hall–Kier alpha value is -3.13. The second kappa shape index (κ2) is 7.45. The average Bonchev–Trinajstić information content (AvgIpc) is 3.21. The molecule has 2 aromatic carbocycles. The smallest absolute Gasteiger partial charge is 0.231 e. The monoisotopic (exact) mass is 456 g/mol.